The number of nitrogens with zero attached hydrogens (tertiary/aromatic N) is 1. The molecule has 17 heavy (non-hydrogen) atoms. The topological polar surface area (TPSA) is 65.9 Å². The molecular formula is C9H6F4N2O2. The molecule has 1 aromatic rings. The lowest BCUT2D eigenvalue weighted by molar-refractivity contribution is -0.275. The highest BCUT2D eigenvalue weighted by molar-refractivity contribution is 5.38. The lowest BCUT2D eigenvalue weighted by atomic mass is 10.1. The van der Waals surface area contributed by atoms with Crippen LogP contribution in [0.1, 0.15) is 11.1 Å². The highest BCUT2D eigenvalue weighted by atomic mass is 19.4. The van der Waals surface area contributed by atoms with Crippen LogP contribution in [0.15, 0.2) is 11.0 Å². The number of nitriles is 1. The van der Waals surface area contributed by atoms with E-state index in [9.17, 15) is 22.4 Å². The third-order valence-electron chi connectivity index (χ3n) is 1.87. The van der Waals surface area contributed by atoms with Crippen LogP contribution in [0.25, 0.3) is 0 Å². The van der Waals surface area contributed by atoms with E-state index >= 15 is 0 Å². The normalized spacial score (nSPS) is 11.0. The zero-order valence-electron chi connectivity index (χ0n) is 8.27. The largest absolute Gasteiger partial charge is 0.573 e. The number of hydrogen-bond donors (Lipinski definition) is 1. The van der Waals surface area contributed by atoms with Gasteiger partial charge in [0.1, 0.15) is 6.67 Å². The van der Waals surface area contributed by atoms with Crippen molar-refractivity contribution in [3.05, 3.63) is 27.7 Å². The van der Waals surface area contributed by atoms with Crippen molar-refractivity contribution < 1.29 is 22.3 Å². The number of ether oxygens (including phenoxy) is 1. The number of halogens is 4. The molecule has 0 aliphatic rings. The second-order valence-corrected chi connectivity index (χ2v) is 2.97. The van der Waals surface area contributed by atoms with E-state index in [1.807, 2.05) is 4.98 Å². The first-order valence-corrected chi connectivity index (χ1v) is 4.31. The van der Waals surface area contributed by atoms with Crippen LogP contribution in [-0.4, -0.2) is 11.3 Å². The standard InChI is InChI=1S/C9H6F4N2O2/c10-3-6-5(1-2-14)4-15-8(16)7(6)17-9(11,12)13/h4H,1,3H2,(H,15,16). The molecule has 1 aromatic heterocycles. The van der Waals surface area contributed by atoms with Crippen LogP contribution < -0.4 is 10.3 Å². The average molecular weight is 250 g/mol. The molecule has 0 radical (unpaired) electrons. The number of aromatic amines is 1. The second kappa shape index (κ2) is 4.86. The minimum Gasteiger partial charge on any atom is -0.399 e. The van der Waals surface area contributed by atoms with E-state index < -0.39 is 29.9 Å². The molecule has 0 aromatic carbocycles. The Bertz CT molecular complexity index is 501. The molecule has 1 rings (SSSR count). The van der Waals surface area contributed by atoms with Gasteiger partial charge in [0, 0.05) is 11.8 Å². The van der Waals surface area contributed by atoms with Gasteiger partial charge < -0.3 is 9.72 Å². The number of hydrogen-bond acceptors (Lipinski definition) is 3. The summed E-state index contributed by atoms with van der Waals surface area (Å²) in [4.78, 5) is 13.1. The summed E-state index contributed by atoms with van der Waals surface area (Å²) in [5, 5.41) is 8.40. The quantitative estimate of drug-likeness (QED) is 0.832. The van der Waals surface area contributed by atoms with Crippen molar-refractivity contribution in [2.75, 3.05) is 0 Å². The Balaban J connectivity index is 3.31. The highest BCUT2D eigenvalue weighted by Gasteiger charge is 2.34. The predicted molar refractivity (Wildman–Crippen MR) is 47.9 cm³/mol. The zero-order chi connectivity index (χ0) is 13.1. The fourth-order valence-corrected chi connectivity index (χ4v) is 1.20. The monoisotopic (exact) mass is 250 g/mol. The van der Waals surface area contributed by atoms with Gasteiger partial charge in [-0.2, -0.15) is 5.26 Å². The van der Waals surface area contributed by atoms with Crippen LogP contribution in [0, 0.1) is 11.3 Å². The third-order valence-corrected chi connectivity index (χ3v) is 1.87. The molecule has 1 heterocycles. The van der Waals surface area contributed by atoms with E-state index in [1.165, 1.54) is 0 Å². The van der Waals surface area contributed by atoms with Crippen LogP contribution in [0.5, 0.6) is 5.75 Å². The molecule has 0 fully saturated rings. The minimum atomic E-state index is -5.10. The van der Waals surface area contributed by atoms with Crippen molar-refractivity contribution in [3.8, 4) is 11.8 Å². The Labute approximate surface area is 92.4 Å². The van der Waals surface area contributed by atoms with Gasteiger partial charge in [-0.15, -0.1) is 13.2 Å². The molecule has 0 bridgehead atoms. The Morgan fingerprint density at radius 1 is 1.47 bits per heavy atom. The van der Waals surface area contributed by atoms with E-state index in [-0.39, 0.29) is 12.0 Å². The summed E-state index contributed by atoms with van der Waals surface area (Å²) in [6, 6.07) is 1.64. The van der Waals surface area contributed by atoms with Crippen LogP contribution in [0.2, 0.25) is 0 Å². The van der Waals surface area contributed by atoms with Crippen LogP contribution in [0.4, 0.5) is 17.6 Å². The van der Waals surface area contributed by atoms with E-state index in [1.54, 1.807) is 6.07 Å². The van der Waals surface area contributed by atoms with E-state index in [0.29, 0.717) is 0 Å². The number of rotatable bonds is 3. The average Bonchev–Trinajstić information content (AvgIpc) is 2.22. The predicted octanol–water partition coefficient (Wildman–Crippen LogP) is 1.81. The molecule has 0 aliphatic carbocycles. The Hall–Kier alpha value is -2.04. The first-order chi connectivity index (χ1) is 7.89. The lowest BCUT2D eigenvalue weighted by Crippen LogP contribution is -2.24. The molecule has 0 amide bonds. The molecule has 1 N–H and O–H groups in total. The Morgan fingerprint density at radius 2 is 2.12 bits per heavy atom. The summed E-state index contributed by atoms with van der Waals surface area (Å²) >= 11 is 0. The van der Waals surface area contributed by atoms with Crippen molar-refractivity contribution in [2.45, 2.75) is 19.5 Å². The van der Waals surface area contributed by atoms with Gasteiger partial charge in [-0.05, 0) is 5.56 Å². The van der Waals surface area contributed by atoms with Gasteiger partial charge in [-0.25, -0.2) is 4.39 Å². The molecule has 4 nitrogen and oxygen atoms in total. The summed E-state index contributed by atoms with van der Waals surface area (Å²) in [5.41, 5.74) is -1.81. The first-order valence-electron chi connectivity index (χ1n) is 4.31. The smallest absolute Gasteiger partial charge is 0.399 e. The number of aromatic nitrogens is 1. The van der Waals surface area contributed by atoms with E-state index in [2.05, 4.69) is 4.74 Å². The molecule has 0 aliphatic heterocycles. The molecule has 0 spiro atoms. The van der Waals surface area contributed by atoms with Gasteiger partial charge in [0.25, 0.3) is 5.56 Å². The lowest BCUT2D eigenvalue weighted by Gasteiger charge is -2.12. The van der Waals surface area contributed by atoms with Crippen LogP contribution in [-0.2, 0) is 13.1 Å². The minimum absolute atomic E-state index is 0.0474. The molecule has 0 atom stereocenters. The van der Waals surface area contributed by atoms with Crippen molar-refractivity contribution in [2.24, 2.45) is 0 Å². The summed E-state index contributed by atoms with van der Waals surface area (Å²) in [6.45, 7) is -1.33. The van der Waals surface area contributed by atoms with Gasteiger partial charge >= 0.3 is 6.36 Å². The zero-order valence-corrected chi connectivity index (χ0v) is 8.27. The van der Waals surface area contributed by atoms with Gasteiger partial charge in [0.15, 0.2) is 0 Å². The second-order valence-electron chi connectivity index (χ2n) is 2.97. The maximum absolute atomic E-state index is 12.6. The fourth-order valence-electron chi connectivity index (χ4n) is 1.20. The van der Waals surface area contributed by atoms with Crippen molar-refractivity contribution in [1.82, 2.24) is 4.98 Å². The Morgan fingerprint density at radius 3 is 2.59 bits per heavy atom. The van der Waals surface area contributed by atoms with Gasteiger partial charge in [-0.3, -0.25) is 4.79 Å². The molecular weight excluding hydrogens is 244 g/mol. The summed E-state index contributed by atoms with van der Waals surface area (Å²) in [6.07, 6.45) is -4.43. The van der Waals surface area contributed by atoms with Crippen LogP contribution >= 0.6 is 0 Å². The number of nitrogens with one attached hydrogen (secondary N) is 1. The molecule has 0 saturated carbocycles. The number of alkyl halides is 4. The summed E-state index contributed by atoms with van der Waals surface area (Å²) in [5.74, 6) is -1.16. The molecule has 8 heteroatoms. The number of pyridine rings is 1. The third kappa shape index (κ3) is 3.21. The first kappa shape index (κ1) is 13.0. The molecule has 0 saturated heterocycles. The van der Waals surface area contributed by atoms with Crippen molar-refractivity contribution in [3.63, 3.8) is 0 Å². The van der Waals surface area contributed by atoms with E-state index in [4.69, 9.17) is 5.26 Å². The van der Waals surface area contributed by atoms with Gasteiger partial charge in [0.05, 0.1) is 12.5 Å². The Kier molecular flexibility index (Phi) is 3.73. The fraction of sp³-hybridized carbons (Fsp3) is 0.333. The molecule has 92 valence electrons. The SMILES string of the molecule is N#CCc1c[nH]c(=O)c(OC(F)(F)F)c1CF. The van der Waals surface area contributed by atoms with Crippen molar-refractivity contribution >= 4 is 0 Å². The highest BCUT2D eigenvalue weighted by Crippen LogP contribution is 2.25. The van der Waals surface area contributed by atoms with Gasteiger partial charge in [0.2, 0.25) is 5.75 Å². The number of H-pyrrole nitrogens is 1. The molecule has 0 unspecified atom stereocenters. The van der Waals surface area contributed by atoms with Crippen LogP contribution in [0.3, 0.4) is 0 Å². The van der Waals surface area contributed by atoms with E-state index in [0.717, 1.165) is 6.20 Å². The maximum atomic E-state index is 12.6. The maximum Gasteiger partial charge on any atom is 0.573 e. The summed E-state index contributed by atoms with van der Waals surface area (Å²) in [7, 11) is 0. The summed E-state index contributed by atoms with van der Waals surface area (Å²) < 4.78 is 52.0. The van der Waals surface area contributed by atoms with Gasteiger partial charge in [-0.1, -0.05) is 0 Å². The van der Waals surface area contributed by atoms with Crippen molar-refractivity contribution in [1.29, 1.82) is 5.26 Å².